The van der Waals surface area contributed by atoms with E-state index in [9.17, 15) is 0 Å². The van der Waals surface area contributed by atoms with E-state index in [4.69, 9.17) is 24.0 Å². The van der Waals surface area contributed by atoms with E-state index in [0.717, 1.165) is 38.8 Å². The van der Waals surface area contributed by atoms with Gasteiger partial charge in [0.2, 0.25) is 5.88 Å². The Balaban J connectivity index is 1.24. The lowest BCUT2D eigenvalue weighted by molar-refractivity contribution is 0.125. The van der Waals surface area contributed by atoms with Crippen LogP contribution in [0.5, 0.6) is 23.1 Å². The van der Waals surface area contributed by atoms with Gasteiger partial charge in [0.15, 0.2) is 29.6 Å². The van der Waals surface area contributed by atoms with Crippen molar-refractivity contribution in [1.29, 1.82) is 0 Å². The van der Waals surface area contributed by atoms with E-state index in [1.54, 1.807) is 25.1 Å². The van der Waals surface area contributed by atoms with E-state index in [1.807, 2.05) is 55.5 Å². The van der Waals surface area contributed by atoms with Crippen molar-refractivity contribution in [3.63, 3.8) is 0 Å². The predicted octanol–water partition coefficient (Wildman–Crippen LogP) is 6.52. The first-order valence-corrected chi connectivity index (χ1v) is 13.5. The number of rotatable bonds is 7. The number of hydrogen-bond donors (Lipinski definition) is 0. The fraction of sp³-hybridized carbons (Fsp3) is 0.152. The molecule has 0 saturated carbocycles. The van der Waals surface area contributed by atoms with Crippen LogP contribution < -0.4 is 14.2 Å². The Morgan fingerprint density at radius 2 is 1.74 bits per heavy atom. The van der Waals surface area contributed by atoms with Crippen LogP contribution in [0.15, 0.2) is 96.4 Å². The van der Waals surface area contributed by atoms with Crippen molar-refractivity contribution in [2.24, 2.45) is 5.16 Å². The highest BCUT2D eigenvalue weighted by Gasteiger charge is 2.34. The normalized spacial score (nSPS) is 14.3. The maximum Gasteiger partial charge on any atom is 0.228 e. The second-order valence-corrected chi connectivity index (χ2v) is 9.93. The third-order valence-corrected chi connectivity index (χ3v) is 7.47. The summed E-state index contributed by atoms with van der Waals surface area (Å²) in [7, 11) is 3.20. The average molecular weight is 558 g/mol. The van der Waals surface area contributed by atoms with Crippen LogP contribution >= 0.6 is 0 Å². The molecule has 9 nitrogen and oxygen atoms in total. The number of aromatic nitrogens is 4. The highest BCUT2D eigenvalue weighted by Crippen LogP contribution is 2.50. The average Bonchev–Trinajstić information content (AvgIpc) is 3.47. The summed E-state index contributed by atoms with van der Waals surface area (Å²) < 4.78 is 18.9. The molecule has 1 aliphatic heterocycles. The molecule has 0 spiro atoms. The van der Waals surface area contributed by atoms with Crippen LogP contribution in [-0.4, -0.2) is 39.5 Å². The molecule has 0 fully saturated rings. The molecule has 0 amide bonds. The molecule has 0 bridgehead atoms. The van der Waals surface area contributed by atoms with Gasteiger partial charge in [-0.15, -0.1) is 5.10 Å². The number of oxime groups is 1. The van der Waals surface area contributed by atoms with Crippen molar-refractivity contribution < 1.29 is 19.0 Å². The largest absolute Gasteiger partial charge is 0.493 e. The van der Waals surface area contributed by atoms with Gasteiger partial charge in [-0.25, -0.2) is 14.5 Å². The van der Waals surface area contributed by atoms with Gasteiger partial charge in [0, 0.05) is 22.4 Å². The first-order chi connectivity index (χ1) is 20.6. The number of methoxy groups -OCH3 is 2. The summed E-state index contributed by atoms with van der Waals surface area (Å²) in [6, 6.07) is 28.4. The third kappa shape index (κ3) is 4.35. The third-order valence-electron chi connectivity index (χ3n) is 7.47. The van der Waals surface area contributed by atoms with Gasteiger partial charge in [-0.05, 0) is 36.1 Å². The highest BCUT2D eigenvalue weighted by molar-refractivity contribution is 5.99. The lowest BCUT2D eigenvalue weighted by atomic mass is 9.83. The summed E-state index contributed by atoms with van der Waals surface area (Å²) in [5, 5.41) is 11.1. The summed E-state index contributed by atoms with van der Waals surface area (Å²) >= 11 is 0. The zero-order valence-electron chi connectivity index (χ0n) is 23.3. The van der Waals surface area contributed by atoms with Crippen molar-refractivity contribution >= 4 is 22.1 Å². The molecule has 4 aromatic carbocycles. The smallest absolute Gasteiger partial charge is 0.228 e. The molecule has 0 saturated heterocycles. The summed E-state index contributed by atoms with van der Waals surface area (Å²) in [5.74, 6) is 2.93. The number of ether oxygens (including phenoxy) is 3. The summed E-state index contributed by atoms with van der Waals surface area (Å²) in [6.07, 6.45) is 1.63. The lowest BCUT2D eigenvalue weighted by Crippen LogP contribution is -2.15. The van der Waals surface area contributed by atoms with Gasteiger partial charge in [-0.1, -0.05) is 71.9 Å². The molecule has 1 aliphatic rings. The van der Waals surface area contributed by atoms with E-state index < -0.39 is 0 Å². The first kappa shape index (κ1) is 25.5. The molecule has 6 aromatic rings. The van der Waals surface area contributed by atoms with Crippen LogP contribution in [0, 0.1) is 0 Å². The number of nitrogens with zero attached hydrogens (tertiary/aromatic N) is 5. The number of benzene rings is 4. The van der Waals surface area contributed by atoms with Crippen molar-refractivity contribution in [2.45, 2.75) is 19.4 Å². The van der Waals surface area contributed by atoms with E-state index in [2.05, 4.69) is 51.6 Å². The molecule has 2 aromatic heterocycles. The van der Waals surface area contributed by atoms with Crippen LogP contribution in [-0.2, 0) is 11.4 Å². The quantitative estimate of drug-likeness (QED) is 0.163. The Morgan fingerprint density at radius 1 is 0.929 bits per heavy atom. The molecular formula is C33H27N5O4. The molecule has 9 heteroatoms. The second kappa shape index (κ2) is 10.5. The SMILES string of the molecule is COc1ccc(/C(C)=N/OCc2nc3c4c(ncn3n2)Oc2c(ccc3ccccc23)[C@H]4c2ccccc2)cc1OC. The Bertz CT molecular complexity index is 1970. The number of fused-ring (bicyclic) bond motifs is 6. The minimum atomic E-state index is -0.144. The Labute approximate surface area is 242 Å². The zero-order chi connectivity index (χ0) is 28.6. The molecule has 0 N–H and O–H groups in total. The Hall–Kier alpha value is -5.44. The molecule has 0 aliphatic carbocycles. The predicted molar refractivity (Wildman–Crippen MR) is 159 cm³/mol. The lowest BCUT2D eigenvalue weighted by Gasteiger charge is -2.28. The van der Waals surface area contributed by atoms with Crippen molar-refractivity contribution in [3.05, 3.63) is 119 Å². The van der Waals surface area contributed by atoms with E-state index in [0.29, 0.717) is 34.6 Å². The highest BCUT2D eigenvalue weighted by atomic mass is 16.6. The van der Waals surface area contributed by atoms with E-state index in [-0.39, 0.29) is 12.5 Å². The number of hydrogen-bond acceptors (Lipinski definition) is 8. The van der Waals surface area contributed by atoms with Crippen molar-refractivity contribution in [2.75, 3.05) is 14.2 Å². The monoisotopic (exact) mass is 557 g/mol. The summed E-state index contributed by atoms with van der Waals surface area (Å²) in [4.78, 5) is 15.2. The van der Waals surface area contributed by atoms with Crippen LogP contribution in [0.25, 0.3) is 16.4 Å². The van der Waals surface area contributed by atoms with E-state index in [1.165, 1.54) is 0 Å². The van der Waals surface area contributed by atoms with Gasteiger partial charge in [-0.3, -0.25) is 0 Å². The van der Waals surface area contributed by atoms with Crippen LogP contribution in [0.3, 0.4) is 0 Å². The van der Waals surface area contributed by atoms with E-state index >= 15 is 0 Å². The van der Waals surface area contributed by atoms with Gasteiger partial charge in [-0.2, -0.15) is 0 Å². The van der Waals surface area contributed by atoms with Gasteiger partial charge in [0.25, 0.3) is 0 Å². The second-order valence-electron chi connectivity index (χ2n) is 9.93. The van der Waals surface area contributed by atoms with Crippen LogP contribution in [0.4, 0.5) is 0 Å². The maximum absolute atomic E-state index is 6.49. The fourth-order valence-corrected chi connectivity index (χ4v) is 5.44. The molecule has 7 rings (SSSR count). The van der Waals surface area contributed by atoms with Crippen LogP contribution in [0.1, 0.15) is 40.9 Å². The zero-order valence-corrected chi connectivity index (χ0v) is 23.3. The van der Waals surface area contributed by atoms with Crippen molar-refractivity contribution in [1.82, 2.24) is 19.6 Å². The summed E-state index contributed by atoms with van der Waals surface area (Å²) in [6.45, 7) is 1.95. The van der Waals surface area contributed by atoms with Gasteiger partial charge in [0.1, 0.15) is 12.1 Å². The standard InChI is InChI=1S/C33H27N5O4/c1-20(23-14-16-26(39-2)27(17-23)40-3)37-41-18-28-35-32-30-29(22-10-5-4-6-11-22)25-15-13-21-9-7-8-12-24(21)31(25)42-33(30)34-19-38(32)36-28/h4-17,19,29H,18H2,1-3H3/b37-20+/t29-/m1/s1. The maximum atomic E-state index is 6.49. The summed E-state index contributed by atoms with van der Waals surface area (Å²) in [5.41, 5.74) is 5.22. The molecule has 0 radical (unpaired) electrons. The molecule has 0 unspecified atom stereocenters. The molecule has 42 heavy (non-hydrogen) atoms. The van der Waals surface area contributed by atoms with Gasteiger partial charge in [0.05, 0.1) is 25.5 Å². The van der Waals surface area contributed by atoms with Gasteiger partial charge >= 0.3 is 0 Å². The Morgan fingerprint density at radius 3 is 2.57 bits per heavy atom. The van der Waals surface area contributed by atoms with Crippen molar-refractivity contribution in [3.8, 4) is 23.1 Å². The Kier molecular flexibility index (Phi) is 6.39. The molecule has 3 heterocycles. The topological polar surface area (TPSA) is 92.4 Å². The molecule has 208 valence electrons. The first-order valence-electron chi connectivity index (χ1n) is 13.5. The van der Waals surface area contributed by atoms with Crippen LogP contribution in [0.2, 0.25) is 0 Å². The fourth-order valence-electron chi connectivity index (χ4n) is 5.44. The minimum absolute atomic E-state index is 0.0825. The minimum Gasteiger partial charge on any atom is -0.493 e. The van der Waals surface area contributed by atoms with Gasteiger partial charge < -0.3 is 19.0 Å². The molecular weight excluding hydrogens is 530 g/mol. The molecule has 1 atom stereocenters.